The predicted molar refractivity (Wildman–Crippen MR) is 98.1 cm³/mol. The average molecular weight is 338 g/mol. The summed E-state index contributed by atoms with van der Waals surface area (Å²) >= 11 is 0. The number of nitrogens with zero attached hydrogens (tertiary/aromatic N) is 2. The predicted octanol–water partition coefficient (Wildman–Crippen LogP) is 2.71. The lowest BCUT2D eigenvalue weighted by Crippen LogP contribution is -2.32. The van der Waals surface area contributed by atoms with Crippen molar-refractivity contribution < 1.29 is 9.84 Å². The van der Waals surface area contributed by atoms with Crippen molar-refractivity contribution in [2.75, 3.05) is 6.61 Å². The quantitative estimate of drug-likeness (QED) is 0.750. The van der Waals surface area contributed by atoms with Crippen molar-refractivity contribution in [1.82, 2.24) is 9.78 Å². The lowest BCUT2D eigenvalue weighted by molar-refractivity contribution is 0.0880. The lowest BCUT2D eigenvalue weighted by atomic mass is 10.1. The van der Waals surface area contributed by atoms with E-state index in [2.05, 4.69) is 12.0 Å². The maximum Gasteiger partial charge on any atom is 0.274 e. The van der Waals surface area contributed by atoms with Crippen molar-refractivity contribution >= 4 is 10.8 Å². The molecule has 0 amide bonds. The second kappa shape index (κ2) is 7.49. The normalized spacial score (nSPS) is 12.3. The van der Waals surface area contributed by atoms with E-state index < -0.39 is 6.10 Å². The first-order chi connectivity index (χ1) is 12.1. The van der Waals surface area contributed by atoms with Crippen LogP contribution in [-0.4, -0.2) is 27.6 Å². The third-order valence-corrected chi connectivity index (χ3v) is 4.21. The van der Waals surface area contributed by atoms with Gasteiger partial charge in [0.05, 0.1) is 17.6 Å². The Morgan fingerprint density at radius 1 is 1.12 bits per heavy atom. The zero-order valence-corrected chi connectivity index (χ0v) is 14.5. The van der Waals surface area contributed by atoms with Gasteiger partial charge in [-0.15, -0.1) is 0 Å². The molecular formula is C20H22N2O3. The van der Waals surface area contributed by atoms with Crippen LogP contribution in [0.2, 0.25) is 0 Å². The monoisotopic (exact) mass is 338 g/mol. The fraction of sp³-hybridized carbons (Fsp3) is 0.300. The molecule has 0 saturated heterocycles. The molecular weight excluding hydrogens is 316 g/mol. The molecule has 1 aromatic heterocycles. The Balaban J connectivity index is 1.70. The van der Waals surface area contributed by atoms with Gasteiger partial charge in [0, 0.05) is 5.39 Å². The minimum Gasteiger partial charge on any atom is -0.491 e. The van der Waals surface area contributed by atoms with Crippen molar-refractivity contribution in [3.05, 3.63) is 70.1 Å². The summed E-state index contributed by atoms with van der Waals surface area (Å²) in [4.78, 5) is 12.5. The highest BCUT2D eigenvalue weighted by Crippen LogP contribution is 2.14. The minimum atomic E-state index is -0.823. The third kappa shape index (κ3) is 3.88. The van der Waals surface area contributed by atoms with Gasteiger partial charge in [-0.05, 0) is 37.1 Å². The van der Waals surface area contributed by atoms with E-state index in [1.165, 1.54) is 10.2 Å². The largest absolute Gasteiger partial charge is 0.491 e. The summed E-state index contributed by atoms with van der Waals surface area (Å²) in [7, 11) is 0. The van der Waals surface area contributed by atoms with Crippen LogP contribution in [0.25, 0.3) is 10.8 Å². The van der Waals surface area contributed by atoms with Crippen molar-refractivity contribution in [1.29, 1.82) is 0 Å². The van der Waals surface area contributed by atoms with Crippen LogP contribution in [0.15, 0.2) is 53.3 Å². The Hall–Kier alpha value is -2.66. The number of aromatic nitrogens is 2. The Bertz CT molecular complexity index is 916. The summed E-state index contributed by atoms with van der Waals surface area (Å²) in [6, 6.07) is 15.1. The molecule has 1 N–H and O–H groups in total. The summed E-state index contributed by atoms with van der Waals surface area (Å²) in [6.45, 7) is 4.15. The van der Waals surface area contributed by atoms with Crippen LogP contribution in [0.3, 0.4) is 0 Å². The second-order valence-corrected chi connectivity index (χ2v) is 6.08. The SMILES string of the molecule is CCc1ccc(OCC(O)Cn2nc(C)c3ccccc3c2=O)cc1. The molecule has 5 heteroatoms. The number of ether oxygens (including phenoxy) is 1. The van der Waals surface area contributed by atoms with E-state index in [0.717, 1.165) is 17.5 Å². The standard InChI is InChI=1S/C20H22N2O3/c1-3-15-8-10-17(11-9-15)25-13-16(23)12-22-20(24)19-7-5-4-6-18(19)14(2)21-22/h4-11,16,23H,3,12-13H2,1-2H3. The fourth-order valence-electron chi connectivity index (χ4n) is 2.79. The van der Waals surface area contributed by atoms with E-state index in [-0.39, 0.29) is 18.7 Å². The van der Waals surface area contributed by atoms with Crippen molar-refractivity contribution in [3.63, 3.8) is 0 Å². The van der Waals surface area contributed by atoms with Crippen molar-refractivity contribution in [3.8, 4) is 5.75 Å². The summed E-state index contributed by atoms with van der Waals surface area (Å²) in [5.74, 6) is 0.700. The Morgan fingerprint density at radius 2 is 1.80 bits per heavy atom. The highest BCUT2D eigenvalue weighted by Gasteiger charge is 2.12. The molecule has 1 unspecified atom stereocenters. The number of aryl methyl sites for hydroxylation is 2. The van der Waals surface area contributed by atoms with Crippen LogP contribution in [0.4, 0.5) is 0 Å². The molecule has 0 aliphatic rings. The van der Waals surface area contributed by atoms with E-state index in [0.29, 0.717) is 11.1 Å². The van der Waals surface area contributed by atoms with Crippen LogP contribution in [0.1, 0.15) is 18.2 Å². The molecule has 0 radical (unpaired) electrons. The molecule has 0 saturated carbocycles. The van der Waals surface area contributed by atoms with Crippen LogP contribution in [-0.2, 0) is 13.0 Å². The molecule has 130 valence electrons. The van der Waals surface area contributed by atoms with Crippen molar-refractivity contribution in [2.45, 2.75) is 32.9 Å². The Morgan fingerprint density at radius 3 is 2.48 bits per heavy atom. The first-order valence-electron chi connectivity index (χ1n) is 8.44. The van der Waals surface area contributed by atoms with Crippen LogP contribution < -0.4 is 10.3 Å². The van der Waals surface area contributed by atoms with Gasteiger partial charge in [-0.3, -0.25) is 4.79 Å². The number of aliphatic hydroxyl groups excluding tert-OH is 1. The number of hydrogen-bond donors (Lipinski definition) is 1. The molecule has 0 aliphatic heterocycles. The number of rotatable bonds is 6. The number of hydrogen-bond acceptors (Lipinski definition) is 4. The van der Waals surface area contributed by atoms with E-state index >= 15 is 0 Å². The van der Waals surface area contributed by atoms with Gasteiger partial charge in [-0.2, -0.15) is 5.10 Å². The van der Waals surface area contributed by atoms with Gasteiger partial charge in [0.1, 0.15) is 18.5 Å². The van der Waals surface area contributed by atoms with E-state index in [4.69, 9.17) is 4.74 Å². The lowest BCUT2D eigenvalue weighted by Gasteiger charge is -2.14. The van der Waals surface area contributed by atoms with Gasteiger partial charge in [0.25, 0.3) is 5.56 Å². The molecule has 1 atom stereocenters. The van der Waals surface area contributed by atoms with Gasteiger partial charge in [0.15, 0.2) is 0 Å². The molecule has 1 heterocycles. The summed E-state index contributed by atoms with van der Waals surface area (Å²) in [5.41, 5.74) is 1.79. The second-order valence-electron chi connectivity index (χ2n) is 6.08. The van der Waals surface area contributed by atoms with E-state index in [1.807, 2.05) is 49.4 Å². The highest BCUT2D eigenvalue weighted by atomic mass is 16.5. The molecule has 3 aromatic rings. The van der Waals surface area contributed by atoms with Gasteiger partial charge < -0.3 is 9.84 Å². The Kier molecular flexibility index (Phi) is 5.14. The highest BCUT2D eigenvalue weighted by molar-refractivity contribution is 5.83. The number of aliphatic hydroxyl groups is 1. The van der Waals surface area contributed by atoms with Gasteiger partial charge >= 0.3 is 0 Å². The summed E-state index contributed by atoms with van der Waals surface area (Å²) in [5, 5.41) is 16.0. The number of fused-ring (bicyclic) bond motifs is 1. The molecule has 2 aromatic carbocycles. The zero-order chi connectivity index (χ0) is 17.8. The van der Waals surface area contributed by atoms with Gasteiger partial charge in [-0.1, -0.05) is 37.3 Å². The molecule has 0 aliphatic carbocycles. The average Bonchev–Trinajstić information content (AvgIpc) is 2.64. The first kappa shape index (κ1) is 17.2. The topological polar surface area (TPSA) is 64.3 Å². The molecule has 5 nitrogen and oxygen atoms in total. The maximum atomic E-state index is 12.5. The van der Waals surface area contributed by atoms with Crippen LogP contribution >= 0.6 is 0 Å². The molecule has 25 heavy (non-hydrogen) atoms. The molecule has 0 spiro atoms. The maximum absolute atomic E-state index is 12.5. The minimum absolute atomic E-state index is 0.0948. The summed E-state index contributed by atoms with van der Waals surface area (Å²) in [6.07, 6.45) is 0.148. The molecule has 0 bridgehead atoms. The Labute approximate surface area is 146 Å². The van der Waals surface area contributed by atoms with E-state index in [1.54, 1.807) is 6.07 Å². The van der Waals surface area contributed by atoms with Crippen LogP contribution in [0.5, 0.6) is 5.75 Å². The van der Waals surface area contributed by atoms with Gasteiger partial charge in [-0.25, -0.2) is 4.68 Å². The smallest absolute Gasteiger partial charge is 0.274 e. The van der Waals surface area contributed by atoms with Crippen molar-refractivity contribution in [2.24, 2.45) is 0 Å². The molecule has 3 rings (SSSR count). The van der Waals surface area contributed by atoms with Gasteiger partial charge in [0.2, 0.25) is 0 Å². The van der Waals surface area contributed by atoms with Crippen LogP contribution in [0, 0.1) is 6.92 Å². The zero-order valence-electron chi connectivity index (χ0n) is 14.5. The fourth-order valence-corrected chi connectivity index (χ4v) is 2.79. The first-order valence-corrected chi connectivity index (χ1v) is 8.44. The van der Waals surface area contributed by atoms with E-state index in [9.17, 15) is 9.90 Å². The number of benzene rings is 2. The third-order valence-electron chi connectivity index (χ3n) is 4.21. The summed E-state index contributed by atoms with van der Waals surface area (Å²) < 4.78 is 6.92. The molecule has 0 fully saturated rings.